The first-order valence-corrected chi connectivity index (χ1v) is 9.48. The summed E-state index contributed by atoms with van der Waals surface area (Å²) in [6.45, 7) is 7.22. The maximum absolute atomic E-state index is 12.6. The van der Waals surface area contributed by atoms with Crippen LogP contribution in [-0.2, 0) is 9.59 Å². The molecule has 2 aliphatic heterocycles. The molecule has 2 N–H and O–H groups in total. The molecule has 1 aliphatic carbocycles. The lowest BCUT2D eigenvalue weighted by Crippen LogP contribution is -2.51. The molecule has 0 aromatic rings. The van der Waals surface area contributed by atoms with E-state index in [2.05, 4.69) is 39.6 Å². The van der Waals surface area contributed by atoms with Crippen molar-refractivity contribution in [2.75, 3.05) is 39.8 Å². The van der Waals surface area contributed by atoms with Gasteiger partial charge in [-0.2, -0.15) is 5.10 Å². The summed E-state index contributed by atoms with van der Waals surface area (Å²) >= 11 is 0. The standard InChI is InChI=1S/C19H29N5O2/c1-3-14(13-24-10-8-23(2)9-11-24)20-18(25)12-17-15-6-4-5-7-16(15)19(26)22-21-17/h4-7,14-16H,3,8-13H2,1-2H3,(H,20,25)(H,22,26)/t14-,15+,16-/m1/s1. The van der Waals surface area contributed by atoms with Gasteiger partial charge in [0.1, 0.15) is 0 Å². The van der Waals surface area contributed by atoms with E-state index in [1.54, 1.807) is 0 Å². The Bertz CT molecular complexity index is 619. The van der Waals surface area contributed by atoms with Crippen LogP contribution < -0.4 is 10.7 Å². The number of likely N-dealkylation sites (N-methyl/N-ethyl adjacent to an activating group) is 1. The molecule has 142 valence electrons. The summed E-state index contributed by atoms with van der Waals surface area (Å²) in [5.41, 5.74) is 3.27. The summed E-state index contributed by atoms with van der Waals surface area (Å²) in [5, 5.41) is 7.30. The number of carbonyl (C=O) groups is 2. The lowest BCUT2D eigenvalue weighted by Gasteiger charge is -2.34. The van der Waals surface area contributed by atoms with Crippen molar-refractivity contribution in [1.82, 2.24) is 20.5 Å². The molecule has 2 amide bonds. The number of fused-ring (bicyclic) bond motifs is 1. The third-order valence-corrected chi connectivity index (χ3v) is 5.41. The van der Waals surface area contributed by atoms with Crippen LogP contribution in [0.1, 0.15) is 19.8 Å². The highest BCUT2D eigenvalue weighted by atomic mass is 16.2. The maximum atomic E-state index is 12.6. The van der Waals surface area contributed by atoms with E-state index in [1.165, 1.54) is 0 Å². The Kier molecular flexibility index (Phi) is 6.21. The minimum atomic E-state index is -0.257. The molecule has 7 nitrogen and oxygen atoms in total. The second-order valence-corrected chi connectivity index (χ2v) is 7.35. The zero-order chi connectivity index (χ0) is 18.5. The van der Waals surface area contributed by atoms with E-state index in [4.69, 9.17) is 0 Å². The smallest absolute Gasteiger partial charge is 0.247 e. The highest BCUT2D eigenvalue weighted by Crippen LogP contribution is 2.25. The van der Waals surface area contributed by atoms with Gasteiger partial charge < -0.3 is 10.2 Å². The van der Waals surface area contributed by atoms with Gasteiger partial charge >= 0.3 is 0 Å². The minimum absolute atomic E-state index is 0.0254. The number of piperazine rings is 1. The van der Waals surface area contributed by atoms with Gasteiger partial charge in [-0.25, -0.2) is 5.43 Å². The second kappa shape index (κ2) is 8.60. The predicted molar refractivity (Wildman–Crippen MR) is 102 cm³/mol. The van der Waals surface area contributed by atoms with Crippen molar-refractivity contribution in [1.29, 1.82) is 0 Å². The Morgan fingerprint density at radius 3 is 2.65 bits per heavy atom. The Hall–Kier alpha value is -1.99. The summed E-state index contributed by atoms with van der Waals surface area (Å²) in [5.74, 6) is -0.506. The van der Waals surface area contributed by atoms with Crippen LogP contribution >= 0.6 is 0 Å². The zero-order valence-corrected chi connectivity index (χ0v) is 15.6. The summed E-state index contributed by atoms with van der Waals surface area (Å²) in [6, 6.07) is 0.141. The van der Waals surface area contributed by atoms with Gasteiger partial charge in [-0.15, -0.1) is 0 Å². The number of rotatable bonds is 6. The average molecular weight is 359 g/mol. The number of nitrogens with one attached hydrogen (secondary N) is 2. The summed E-state index contributed by atoms with van der Waals surface area (Å²) in [7, 11) is 2.14. The molecule has 3 atom stereocenters. The number of carbonyl (C=O) groups excluding carboxylic acids is 2. The quantitative estimate of drug-likeness (QED) is 0.718. The average Bonchev–Trinajstić information content (AvgIpc) is 2.65. The van der Waals surface area contributed by atoms with Gasteiger partial charge in [-0.1, -0.05) is 31.2 Å². The second-order valence-electron chi connectivity index (χ2n) is 7.35. The number of nitrogens with zero attached hydrogens (tertiary/aromatic N) is 3. The predicted octanol–water partition coefficient (Wildman–Crippen LogP) is 0.363. The lowest BCUT2D eigenvalue weighted by molar-refractivity contribution is -0.125. The summed E-state index contributed by atoms with van der Waals surface area (Å²) in [6.07, 6.45) is 8.73. The maximum Gasteiger partial charge on any atom is 0.247 e. The zero-order valence-electron chi connectivity index (χ0n) is 15.6. The van der Waals surface area contributed by atoms with E-state index in [9.17, 15) is 9.59 Å². The monoisotopic (exact) mass is 359 g/mol. The molecular weight excluding hydrogens is 330 g/mol. The van der Waals surface area contributed by atoms with Crippen LogP contribution in [-0.4, -0.2) is 73.1 Å². The molecule has 0 aromatic carbocycles. The van der Waals surface area contributed by atoms with Gasteiger partial charge in [0, 0.05) is 44.7 Å². The number of hydrogen-bond donors (Lipinski definition) is 2. The summed E-state index contributed by atoms with van der Waals surface area (Å²) in [4.78, 5) is 29.2. The highest BCUT2D eigenvalue weighted by molar-refractivity contribution is 6.07. The molecule has 2 heterocycles. The van der Waals surface area contributed by atoms with Gasteiger partial charge in [0.2, 0.25) is 11.8 Å². The van der Waals surface area contributed by atoms with Crippen LogP contribution in [0.2, 0.25) is 0 Å². The first-order chi connectivity index (χ1) is 12.6. The van der Waals surface area contributed by atoms with Gasteiger partial charge in [-0.3, -0.25) is 14.5 Å². The fourth-order valence-corrected chi connectivity index (χ4v) is 3.67. The van der Waals surface area contributed by atoms with Crippen LogP contribution in [0.4, 0.5) is 0 Å². The van der Waals surface area contributed by atoms with Crippen molar-refractivity contribution in [3.8, 4) is 0 Å². The first-order valence-electron chi connectivity index (χ1n) is 9.48. The lowest BCUT2D eigenvalue weighted by atomic mass is 9.82. The van der Waals surface area contributed by atoms with Gasteiger partial charge in [0.15, 0.2) is 0 Å². The molecule has 1 fully saturated rings. The third kappa shape index (κ3) is 4.59. The van der Waals surface area contributed by atoms with E-state index < -0.39 is 0 Å². The number of hydrazone groups is 1. The fraction of sp³-hybridized carbons (Fsp3) is 0.632. The molecule has 0 spiro atoms. The molecule has 26 heavy (non-hydrogen) atoms. The topological polar surface area (TPSA) is 77.0 Å². The summed E-state index contributed by atoms with van der Waals surface area (Å²) < 4.78 is 0. The Morgan fingerprint density at radius 1 is 1.27 bits per heavy atom. The molecule has 0 radical (unpaired) electrons. The Labute approximate surface area is 155 Å². The van der Waals surface area contributed by atoms with Crippen LogP contribution in [0.3, 0.4) is 0 Å². The van der Waals surface area contributed by atoms with E-state index in [0.717, 1.165) is 44.9 Å². The van der Waals surface area contributed by atoms with Crippen LogP contribution in [0, 0.1) is 11.8 Å². The molecule has 7 heteroatoms. The van der Waals surface area contributed by atoms with Crippen LogP contribution in [0.25, 0.3) is 0 Å². The molecule has 0 unspecified atom stereocenters. The highest BCUT2D eigenvalue weighted by Gasteiger charge is 2.34. The molecule has 0 bridgehead atoms. The van der Waals surface area contributed by atoms with Gasteiger partial charge in [0.05, 0.1) is 18.1 Å². The van der Waals surface area contributed by atoms with E-state index >= 15 is 0 Å². The van der Waals surface area contributed by atoms with Crippen molar-refractivity contribution in [3.05, 3.63) is 24.3 Å². The normalized spacial score (nSPS) is 27.5. The Balaban J connectivity index is 1.53. The molecule has 1 saturated heterocycles. The number of hydrogen-bond acceptors (Lipinski definition) is 5. The van der Waals surface area contributed by atoms with Crippen molar-refractivity contribution >= 4 is 17.5 Å². The van der Waals surface area contributed by atoms with Crippen molar-refractivity contribution in [3.63, 3.8) is 0 Å². The third-order valence-electron chi connectivity index (χ3n) is 5.41. The number of allylic oxidation sites excluding steroid dienone is 3. The van der Waals surface area contributed by atoms with Gasteiger partial charge in [-0.05, 0) is 13.5 Å². The van der Waals surface area contributed by atoms with E-state index in [1.807, 2.05) is 24.3 Å². The SMILES string of the molecule is CC[C@H](CN1CCN(C)CC1)NC(=O)CC1=NNC(=O)[C@@H]2C=CC=C[C@H]12. The molecule has 3 aliphatic rings. The van der Waals surface area contributed by atoms with E-state index in [-0.39, 0.29) is 36.1 Å². The van der Waals surface area contributed by atoms with Crippen molar-refractivity contribution in [2.24, 2.45) is 16.9 Å². The number of amides is 2. The fourth-order valence-electron chi connectivity index (χ4n) is 3.67. The largest absolute Gasteiger partial charge is 0.352 e. The molecule has 0 saturated carbocycles. The van der Waals surface area contributed by atoms with Gasteiger partial charge in [0.25, 0.3) is 0 Å². The first kappa shape index (κ1) is 18.8. The van der Waals surface area contributed by atoms with Crippen LogP contribution in [0.15, 0.2) is 29.4 Å². The molecular formula is C19H29N5O2. The molecule has 0 aromatic heterocycles. The van der Waals surface area contributed by atoms with Crippen molar-refractivity contribution < 1.29 is 9.59 Å². The minimum Gasteiger partial charge on any atom is -0.352 e. The van der Waals surface area contributed by atoms with E-state index in [0.29, 0.717) is 0 Å². The Morgan fingerprint density at radius 2 is 1.96 bits per heavy atom. The van der Waals surface area contributed by atoms with Crippen LogP contribution in [0.5, 0.6) is 0 Å². The van der Waals surface area contributed by atoms with Crippen molar-refractivity contribution in [2.45, 2.75) is 25.8 Å². The molecule has 3 rings (SSSR count).